The smallest absolute Gasteiger partial charge is 0.164 e. The summed E-state index contributed by atoms with van der Waals surface area (Å²) in [7, 11) is 3.61. The second-order valence-corrected chi connectivity index (χ2v) is 7.85. The Morgan fingerprint density at radius 1 is 1.22 bits per heavy atom. The number of hydrogen-bond donors (Lipinski definition) is 2. The first-order valence-corrected chi connectivity index (χ1v) is 10.1. The fourth-order valence-electron chi connectivity index (χ4n) is 3.79. The number of nitriles is 1. The fraction of sp³-hybridized carbons (Fsp3) is 0.227. The van der Waals surface area contributed by atoms with Crippen LogP contribution in [0.3, 0.4) is 0 Å². The van der Waals surface area contributed by atoms with Crippen molar-refractivity contribution in [3.8, 4) is 6.07 Å². The van der Waals surface area contributed by atoms with Crippen molar-refractivity contribution in [2.24, 2.45) is 7.05 Å². The van der Waals surface area contributed by atoms with Gasteiger partial charge in [-0.15, -0.1) is 0 Å². The third-order valence-electron chi connectivity index (χ3n) is 5.52. The van der Waals surface area contributed by atoms with Crippen molar-refractivity contribution in [1.29, 1.82) is 5.26 Å². The molecule has 32 heavy (non-hydrogen) atoms. The zero-order chi connectivity index (χ0) is 22.4. The molecule has 1 fully saturated rings. The van der Waals surface area contributed by atoms with Crippen molar-refractivity contribution in [2.45, 2.75) is 18.8 Å². The van der Waals surface area contributed by atoms with Gasteiger partial charge in [-0.2, -0.15) is 5.26 Å². The van der Waals surface area contributed by atoms with E-state index in [9.17, 15) is 5.26 Å². The summed E-state index contributed by atoms with van der Waals surface area (Å²) in [5.41, 5.74) is 9.27. The number of imidazole rings is 1. The lowest BCUT2D eigenvalue weighted by Crippen LogP contribution is -2.16. The van der Waals surface area contributed by atoms with Crippen molar-refractivity contribution >= 4 is 40.0 Å². The van der Waals surface area contributed by atoms with E-state index in [2.05, 4.69) is 20.3 Å². The number of nitrogens with one attached hydrogen (secondary N) is 1. The quantitative estimate of drug-likeness (QED) is 0.492. The number of anilines is 5. The molecule has 10 heteroatoms. The number of benzene rings is 1. The fourth-order valence-corrected chi connectivity index (χ4v) is 3.79. The zero-order valence-corrected chi connectivity index (χ0v) is 17.5. The Morgan fingerprint density at radius 2 is 2.03 bits per heavy atom. The van der Waals surface area contributed by atoms with Crippen molar-refractivity contribution in [3.05, 3.63) is 53.9 Å². The molecule has 0 atom stereocenters. The lowest BCUT2D eigenvalue weighted by molar-refractivity contribution is 0.624. The van der Waals surface area contributed by atoms with Gasteiger partial charge in [0.1, 0.15) is 35.1 Å². The van der Waals surface area contributed by atoms with Crippen molar-refractivity contribution in [1.82, 2.24) is 24.5 Å². The number of fused-ring (bicyclic) bond motifs is 1. The molecule has 4 aromatic rings. The maximum absolute atomic E-state index is 15.2. The molecule has 0 unspecified atom stereocenters. The first-order chi connectivity index (χ1) is 15.4. The van der Waals surface area contributed by atoms with Gasteiger partial charge in [0.25, 0.3) is 0 Å². The third-order valence-corrected chi connectivity index (χ3v) is 5.52. The van der Waals surface area contributed by atoms with E-state index >= 15 is 4.39 Å². The number of rotatable bonds is 5. The summed E-state index contributed by atoms with van der Waals surface area (Å²) < 4.78 is 17.0. The molecule has 3 heterocycles. The number of aryl methyl sites for hydroxylation is 1. The molecular formula is C22H20FN9. The van der Waals surface area contributed by atoms with Crippen LogP contribution in [0.15, 0.2) is 36.9 Å². The van der Waals surface area contributed by atoms with Crippen LogP contribution in [0, 0.1) is 17.1 Å². The van der Waals surface area contributed by atoms with Crippen LogP contribution in [-0.2, 0) is 7.05 Å². The van der Waals surface area contributed by atoms with Gasteiger partial charge in [0.05, 0.1) is 29.3 Å². The van der Waals surface area contributed by atoms with Crippen LogP contribution in [0.25, 0.3) is 11.2 Å². The SMILES string of the molecule is CN(c1cc(Nc2cc(N)ncn2)c2ncn(C)c2n1)c1c(F)cc(C#N)cc1C1CC1. The first-order valence-electron chi connectivity index (χ1n) is 10.1. The Kier molecular flexibility index (Phi) is 4.59. The highest BCUT2D eigenvalue weighted by Crippen LogP contribution is 2.47. The van der Waals surface area contributed by atoms with Crippen molar-refractivity contribution < 1.29 is 4.39 Å². The normalized spacial score (nSPS) is 13.2. The molecule has 0 amide bonds. The van der Waals surface area contributed by atoms with Gasteiger partial charge in [-0.05, 0) is 36.5 Å². The summed E-state index contributed by atoms with van der Waals surface area (Å²) in [5.74, 6) is 1.17. The van der Waals surface area contributed by atoms with Gasteiger partial charge in [0, 0.05) is 26.2 Å². The van der Waals surface area contributed by atoms with E-state index in [1.807, 2.05) is 13.1 Å². The Morgan fingerprint density at radius 3 is 2.75 bits per heavy atom. The molecule has 0 saturated heterocycles. The second-order valence-electron chi connectivity index (χ2n) is 7.85. The molecule has 1 saturated carbocycles. The highest BCUT2D eigenvalue weighted by atomic mass is 19.1. The molecule has 1 aliphatic carbocycles. The maximum atomic E-state index is 15.2. The Labute approximate surface area is 183 Å². The summed E-state index contributed by atoms with van der Waals surface area (Å²) in [4.78, 5) is 19.0. The van der Waals surface area contributed by atoms with Crippen LogP contribution in [0.2, 0.25) is 0 Å². The largest absolute Gasteiger partial charge is 0.384 e. The van der Waals surface area contributed by atoms with Crippen molar-refractivity contribution in [3.63, 3.8) is 0 Å². The minimum absolute atomic E-state index is 0.247. The lowest BCUT2D eigenvalue weighted by atomic mass is 10.0. The molecular weight excluding hydrogens is 409 g/mol. The van der Waals surface area contributed by atoms with Crippen LogP contribution in [0.5, 0.6) is 0 Å². The van der Waals surface area contributed by atoms with E-state index in [0.29, 0.717) is 45.6 Å². The molecule has 0 radical (unpaired) electrons. The van der Waals surface area contributed by atoms with E-state index in [1.165, 1.54) is 12.4 Å². The zero-order valence-electron chi connectivity index (χ0n) is 17.5. The topological polar surface area (TPSA) is 122 Å². The molecule has 1 aliphatic rings. The summed E-state index contributed by atoms with van der Waals surface area (Å²) in [6, 6.07) is 8.50. The van der Waals surface area contributed by atoms with Crippen molar-refractivity contribution in [2.75, 3.05) is 23.0 Å². The summed E-state index contributed by atoms with van der Waals surface area (Å²) >= 11 is 0. The minimum atomic E-state index is -0.446. The minimum Gasteiger partial charge on any atom is -0.384 e. The molecule has 3 aromatic heterocycles. The van der Waals surface area contributed by atoms with Gasteiger partial charge in [0.2, 0.25) is 0 Å². The predicted octanol–water partition coefficient (Wildman–Crippen LogP) is 3.74. The summed E-state index contributed by atoms with van der Waals surface area (Å²) in [5, 5.41) is 12.5. The molecule has 160 valence electrons. The molecule has 9 nitrogen and oxygen atoms in total. The lowest BCUT2D eigenvalue weighted by Gasteiger charge is -2.23. The van der Waals surface area contributed by atoms with Crippen LogP contribution >= 0.6 is 0 Å². The van der Waals surface area contributed by atoms with E-state index in [1.54, 1.807) is 41.0 Å². The molecule has 1 aromatic carbocycles. The third kappa shape index (κ3) is 3.43. The average molecular weight is 429 g/mol. The van der Waals surface area contributed by atoms with Gasteiger partial charge in [0.15, 0.2) is 5.65 Å². The number of aromatic nitrogens is 5. The van der Waals surface area contributed by atoms with Crippen LogP contribution < -0.4 is 16.0 Å². The number of nitrogens with two attached hydrogens (primary N) is 1. The molecule has 5 rings (SSSR count). The number of pyridine rings is 1. The van der Waals surface area contributed by atoms with E-state index in [0.717, 1.165) is 18.4 Å². The summed E-state index contributed by atoms with van der Waals surface area (Å²) in [6.45, 7) is 0. The van der Waals surface area contributed by atoms with Crippen LogP contribution in [-0.4, -0.2) is 31.6 Å². The van der Waals surface area contributed by atoms with Gasteiger partial charge in [-0.1, -0.05) is 0 Å². The predicted molar refractivity (Wildman–Crippen MR) is 119 cm³/mol. The number of halogens is 1. The maximum Gasteiger partial charge on any atom is 0.164 e. The monoisotopic (exact) mass is 429 g/mol. The second kappa shape index (κ2) is 7.46. The molecule has 0 spiro atoms. The van der Waals surface area contributed by atoms with Gasteiger partial charge < -0.3 is 20.5 Å². The van der Waals surface area contributed by atoms with E-state index in [-0.39, 0.29) is 5.92 Å². The standard InChI is InChI=1S/C22H20FN9/c1-31-11-28-20-16(29-18-8-17(25)26-10-27-18)7-19(30-22(20)31)32(2)21-14(13-3-4-13)5-12(9-24)6-15(21)23/h5-8,10-11,13H,3-4H2,1-2H3,(H3,25,26,27,29,30). The van der Waals surface area contributed by atoms with Gasteiger partial charge in [-0.3, -0.25) is 0 Å². The number of hydrogen-bond acceptors (Lipinski definition) is 8. The van der Waals surface area contributed by atoms with Crippen LogP contribution in [0.1, 0.15) is 29.9 Å². The van der Waals surface area contributed by atoms with Crippen LogP contribution in [0.4, 0.5) is 33.2 Å². The molecule has 0 aliphatic heterocycles. The highest BCUT2D eigenvalue weighted by molar-refractivity contribution is 5.90. The van der Waals surface area contributed by atoms with E-state index in [4.69, 9.17) is 10.7 Å². The molecule has 0 bridgehead atoms. The Bertz CT molecular complexity index is 1380. The average Bonchev–Trinajstić information content (AvgIpc) is 3.56. The Balaban J connectivity index is 1.64. The number of nitrogens with zero attached hydrogens (tertiary/aromatic N) is 7. The first kappa shape index (κ1) is 19.7. The molecule has 3 N–H and O–H groups in total. The van der Waals surface area contributed by atoms with Gasteiger partial charge >= 0.3 is 0 Å². The highest BCUT2D eigenvalue weighted by Gasteiger charge is 2.30. The summed E-state index contributed by atoms with van der Waals surface area (Å²) in [6.07, 6.45) is 4.99. The van der Waals surface area contributed by atoms with E-state index < -0.39 is 5.82 Å². The van der Waals surface area contributed by atoms with Gasteiger partial charge in [-0.25, -0.2) is 24.3 Å². The number of nitrogen functional groups attached to an aromatic ring is 1. The Hall–Kier alpha value is -4.26.